The predicted octanol–water partition coefficient (Wildman–Crippen LogP) is 2.03. The second-order valence-electron chi connectivity index (χ2n) is 11.9. The summed E-state index contributed by atoms with van der Waals surface area (Å²) in [6.07, 6.45) is 8.46. The molecular formula is C28H34N10O4S. The van der Waals surface area contributed by atoms with Crippen molar-refractivity contribution in [2.75, 3.05) is 43.0 Å². The zero-order chi connectivity index (χ0) is 29.9. The fourth-order valence-corrected chi connectivity index (χ4v) is 7.21. The molecule has 3 aliphatic rings. The number of carbonyl (C=O) groups excluding carboxylic acids is 1. The summed E-state index contributed by atoms with van der Waals surface area (Å²) < 4.78 is 28.0. The average Bonchev–Trinajstić information content (AvgIpc) is 3.37. The molecule has 7 rings (SSSR count). The van der Waals surface area contributed by atoms with E-state index in [4.69, 9.17) is 5.10 Å². The number of aromatic nitrogens is 7. The molecule has 4 aromatic rings. The van der Waals surface area contributed by atoms with Crippen LogP contribution in [-0.4, -0.2) is 96.3 Å². The van der Waals surface area contributed by atoms with Crippen molar-refractivity contribution in [2.45, 2.75) is 44.4 Å². The number of aliphatic hydroxyl groups excluding tert-OH is 1. The van der Waals surface area contributed by atoms with E-state index in [0.29, 0.717) is 62.0 Å². The zero-order valence-electron chi connectivity index (χ0n) is 24.0. The number of hydrogen-bond donors (Lipinski definition) is 2. The molecule has 3 fully saturated rings. The van der Waals surface area contributed by atoms with E-state index < -0.39 is 10.0 Å². The monoisotopic (exact) mass is 606 g/mol. The minimum absolute atomic E-state index is 0.0709. The first-order chi connectivity index (χ1) is 20.7. The molecule has 6 heterocycles. The van der Waals surface area contributed by atoms with E-state index in [9.17, 15) is 18.3 Å². The van der Waals surface area contributed by atoms with Gasteiger partial charge in [-0.3, -0.25) is 9.48 Å². The number of nitrogens with one attached hydrogen (secondary N) is 1. The van der Waals surface area contributed by atoms with Gasteiger partial charge in [-0.15, -0.1) is 0 Å². The van der Waals surface area contributed by atoms with Crippen molar-refractivity contribution >= 4 is 44.3 Å². The molecule has 4 aromatic heterocycles. The summed E-state index contributed by atoms with van der Waals surface area (Å²) in [7, 11) is -3.47. The topological polar surface area (TPSA) is 164 Å². The normalized spacial score (nSPS) is 19.4. The van der Waals surface area contributed by atoms with Gasteiger partial charge in [0.25, 0.3) is 10.0 Å². The summed E-state index contributed by atoms with van der Waals surface area (Å²) in [6.45, 7) is 6.81. The number of fused-ring (bicyclic) bond motifs is 1. The van der Waals surface area contributed by atoms with Crippen molar-refractivity contribution in [3.8, 4) is 11.4 Å². The SMILES string of the molecule is CC(C)n1nc(N2CC(C(=O)N3CC[C@@H](CO)C3)C2)c2cnc(Nc3ccnc(-c4cnn(S(=O)(=O)C5CC5)c4)n3)cc21. The molecule has 226 valence electrons. The third-order valence-corrected chi connectivity index (χ3v) is 10.4. The number of pyridine rings is 1. The van der Waals surface area contributed by atoms with Crippen molar-refractivity contribution in [3.05, 3.63) is 36.9 Å². The average molecular weight is 607 g/mol. The van der Waals surface area contributed by atoms with E-state index >= 15 is 0 Å². The Morgan fingerprint density at radius 1 is 1.12 bits per heavy atom. The van der Waals surface area contributed by atoms with Crippen molar-refractivity contribution in [1.29, 1.82) is 0 Å². The maximum atomic E-state index is 13.0. The summed E-state index contributed by atoms with van der Waals surface area (Å²) in [5.74, 6) is 2.50. The number of amides is 1. The third kappa shape index (κ3) is 5.09. The number of hydrogen-bond acceptors (Lipinski definition) is 11. The summed E-state index contributed by atoms with van der Waals surface area (Å²) in [5.41, 5.74) is 1.41. The lowest BCUT2D eigenvalue weighted by atomic mass is 9.98. The van der Waals surface area contributed by atoms with Gasteiger partial charge in [-0.1, -0.05) is 0 Å². The lowest BCUT2D eigenvalue weighted by Crippen LogP contribution is -2.54. The summed E-state index contributed by atoms with van der Waals surface area (Å²) in [6, 6.07) is 3.74. The van der Waals surface area contributed by atoms with Crippen LogP contribution >= 0.6 is 0 Å². The summed E-state index contributed by atoms with van der Waals surface area (Å²) >= 11 is 0. The van der Waals surface area contributed by atoms with E-state index in [-0.39, 0.29) is 35.6 Å². The molecular weight excluding hydrogens is 572 g/mol. The van der Waals surface area contributed by atoms with Gasteiger partial charge in [0, 0.05) is 63.2 Å². The molecule has 15 heteroatoms. The second-order valence-corrected chi connectivity index (χ2v) is 14.0. The Balaban J connectivity index is 1.08. The maximum Gasteiger partial charge on any atom is 0.256 e. The van der Waals surface area contributed by atoms with Crippen LogP contribution < -0.4 is 10.2 Å². The molecule has 1 atom stereocenters. The Hall–Kier alpha value is -4.11. The number of carbonyl (C=O) groups is 1. The smallest absolute Gasteiger partial charge is 0.256 e. The Kier molecular flexibility index (Phi) is 6.80. The van der Waals surface area contributed by atoms with Gasteiger partial charge in [0.05, 0.1) is 40.0 Å². The first kappa shape index (κ1) is 27.7. The van der Waals surface area contributed by atoms with Crippen LogP contribution in [0.5, 0.6) is 0 Å². The molecule has 2 N–H and O–H groups in total. The Morgan fingerprint density at radius 3 is 2.65 bits per heavy atom. The van der Waals surface area contributed by atoms with Gasteiger partial charge in [-0.25, -0.2) is 23.4 Å². The Bertz CT molecular complexity index is 1790. The molecule has 0 aromatic carbocycles. The molecule has 0 radical (unpaired) electrons. The third-order valence-electron chi connectivity index (χ3n) is 8.38. The van der Waals surface area contributed by atoms with Gasteiger partial charge < -0.3 is 20.2 Å². The minimum atomic E-state index is -3.47. The molecule has 0 spiro atoms. The first-order valence-electron chi connectivity index (χ1n) is 14.6. The number of nitrogens with zero attached hydrogens (tertiary/aromatic N) is 9. The van der Waals surface area contributed by atoms with E-state index in [1.165, 1.54) is 12.4 Å². The lowest BCUT2D eigenvalue weighted by molar-refractivity contribution is -0.135. The fourth-order valence-electron chi connectivity index (χ4n) is 5.74. The maximum absolute atomic E-state index is 13.0. The molecule has 1 saturated carbocycles. The number of likely N-dealkylation sites (tertiary alicyclic amines) is 1. The van der Waals surface area contributed by atoms with Gasteiger partial charge in [0.15, 0.2) is 11.6 Å². The molecule has 1 aliphatic carbocycles. The van der Waals surface area contributed by atoms with Gasteiger partial charge in [0.1, 0.15) is 11.6 Å². The first-order valence-corrected chi connectivity index (χ1v) is 16.1. The fraction of sp³-hybridized carbons (Fsp3) is 0.500. The van der Waals surface area contributed by atoms with Crippen molar-refractivity contribution < 1.29 is 18.3 Å². The van der Waals surface area contributed by atoms with Crippen LogP contribution in [0.2, 0.25) is 0 Å². The van der Waals surface area contributed by atoms with Gasteiger partial charge in [0.2, 0.25) is 5.91 Å². The van der Waals surface area contributed by atoms with Crippen molar-refractivity contribution in [3.63, 3.8) is 0 Å². The van der Waals surface area contributed by atoms with Crippen LogP contribution in [0.4, 0.5) is 17.5 Å². The number of anilines is 3. The zero-order valence-corrected chi connectivity index (χ0v) is 24.9. The molecule has 43 heavy (non-hydrogen) atoms. The lowest BCUT2D eigenvalue weighted by Gasteiger charge is -2.40. The van der Waals surface area contributed by atoms with Crippen LogP contribution in [0.15, 0.2) is 36.9 Å². The summed E-state index contributed by atoms with van der Waals surface area (Å²) in [5, 5.41) is 22.1. The van der Waals surface area contributed by atoms with Gasteiger partial charge in [-0.05, 0) is 39.2 Å². The second kappa shape index (κ2) is 10.6. The molecule has 2 aliphatic heterocycles. The largest absolute Gasteiger partial charge is 0.396 e. The number of rotatable bonds is 9. The standard InChI is InChI=1S/C28H34N10O4S/c1-17(2)38-23-9-25(32-24-5-7-29-26(33-24)19-10-31-37(15-19)43(41,42)21-3-4-21)30-11-22(23)27(34-38)36-13-20(14-36)28(40)35-8-6-18(12-35)16-39/h5,7,9-11,15,17-18,20-21,39H,3-4,6,8,12-14,16H2,1-2H3,(H,29,30,32,33)/t18-/m1/s1. The minimum Gasteiger partial charge on any atom is -0.396 e. The highest BCUT2D eigenvalue weighted by atomic mass is 32.2. The highest BCUT2D eigenvalue weighted by Gasteiger charge is 2.40. The van der Waals surface area contributed by atoms with E-state index in [0.717, 1.165) is 27.2 Å². The molecule has 0 bridgehead atoms. The van der Waals surface area contributed by atoms with Crippen molar-refractivity contribution in [2.24, 2.45) is 11.8 Å². The predicted molar refractivity (Wildman–Crippen MR) is 159 cm³/mol. The van der Waals surface area contributed by atoms with Crippen LogP contribution in [-0.2, 0) is 14.8 Å². The quantitative estimate of drug-likeness (QED) is 0.286. The highest BCUT2D eigenvalue weighted by molar-refractivity contribution is 7.90. The molecule has 2 saturated heterocycles. The van der Waals surface area contributed by atoms with Crippen LogP contribution in [0.3, 0.4) is 0 Å². The molecule has 14 nitrogen and oxygen atoms in total. The van der Waals surface area contributed by atoms with E-state index in [1.807, 2.05) is 15.6 Å². The van der Waals surface area contributed by atoms with Crippen LogP contribution in [0, 0.1) is 11.8 Å². The Labute approximate surface area is 248 Å². The molecule has 0 unspecified atom stereocenters. The van der Waals surface area contributed by atoms with Crippen LogP contribution in [0.1, 0.15) is 39.2 Å². The van der Waals surface area contributed by atoms with E-state index in [2.05, 4.69) is 44.1 Å². The number of aliphatic hydroxyl groups is 1. The highest BCUT2D eigenvalue weighted by Crippen LogP contribution is 2.35. The van der Waals surface area contributed by atoms with Crippen LogP contribution in [0.25, 0.3) is 22.3 Å². The summed E-state index contributed by atoms with van der Waals surface area (Å²) in [4.78, 5) is 30.5. The van der Waals surface area contributed by atoms with E-state index in [1.54, 1.807) is 18.5 Å². The van der Waals surface area contributed by atoms with Crippen molar-refractivity contribution in [1.82, 2.24) is 38.8 Å². The Morgan fingerprint density at radius 2 is 1.93 bits per heavy atom. The molecule has 1 amide bonds. The van der Waals surface area contributed by atoms with Gasteiger partial charge >= 0.3 is 0 Å². The van der Waals surface area contributed by atoms with Gasteiger partial charge in [-0.2, -0.15) is 14.3 Å².